The number of benzene rings is 2. The van der Waals surface area contributed by atoms with E-state index in [9.17, 15) is 15.2 Å². The van der Waals surface area contributed by atoms with Crippen LogP contribution in [0.4, 0.5) is 0 Å². The van der Waals surface area contributed by atoms with Crippen LogP contribution in [0.5, 0.6) is 0 Å². The van der Waals surface area contributed by atoms with E-state index in [4.69, 9.17) is 4.74 Å². The molecule has 1 saturated carbocycles. The number of carboxylic acids is 1. The number of nitrogens with zero attached hydrogens (tertiary/aromatic N) is 1. The van der Waals surface area contributed by atoms with Gasteiger partial charge in [-0.1, -0.05) is 36.4 Å². The Labute approximate surface area is 140 Å². The second kappa shape index (κ2) is 5.47. The van der Waals surface area contributed by atoms with E-state index in [0.717, 1.165) is 40.7 Å². The van der Waals surface area contributed by atoms with Crippen molar-refractivity contribution in [1.29, 1.82) is 5.26 Å². The summed E-state index contributed by atoms with van der Waals surface area (Å²) in [5.41, 5.74) is 4.59. The Hall–Kier alpha value is -2.64. The van der Waals surface area contributed by atoms with Gasteiger partial charge in [-0.05, 0) is 53.1 Å². The molecule has 4 heteroatoms. The molecule has 2 aliphatic rings. The zero-order valence-corrected chi connectivity index (χ0v) is 13.2. The van der Waals surface area contributed by atoms with Crippen molar-refractivity contribution in [2.24, 2.45) is 0 Å². The molecule has 120 valence electrons. The van der Waals surface area contributed by atoms with Gasteiger partial charge in [0, 0.05) is 0 Å². The lowest BCUT2D eigenvalue weighted by Gasteiger charge is -2.25. The molecule has 1 N–H and O–H groups in total. The Morgan fingerprint density at radius 2 is 2.04 bits per heavy atom. The molecule has 1 aliphatic heterocycles. The predicted octanol–water partition coefficient (Wildman–Crippen LogP) is 3.61. The van der Waals surface area contributed by atoms with Crippen molar-refractivity contribution in [3.05, 3.63) is 59.2 Å². The second-order valence-corrected chi connectivity index (χ2v) is 6.49. The molecule has 2 aromatic carbocycles. The Kier molecular flexibility index (Phi) is 3.40. The van der Waals surface area contributed by atoms with Gasteiger partial charge in [-0.3, -0.25) is 0 Å². The number of hydrogen-bond donors (Lipinski definition) is 1. The van der Waals surface area contributed by atoms with Crippen LogP contribution in [0.3, 0.4) is 0 Å². The van der Waals surface area contributed by atoms with Crippen LogP contribution in [0.2, 0.25) is 0 Å². The predicted molar refractivity (Wildman–Crippen MR) is 88.4 cm³/mol. The smallest absolute Gasteiger partial charge is 0.337 e. The number of aliphatic carboxylic acids is 1. The van der Waals surface area contributed by atoms with Gasteiger partial charge in [0.2, 0.25) is 0 Å². The molecule has 0 aromatic heterocycles. The summed E-state index contributed by atoms with van der Waals surface area (Å²) < 4.78 is 5.42. The molecular formula is C20H17NO3. The minimum absolute atomic E-state index is 0.322. The zero-order chi connectivity index (χ0) is 16.7. The Morgan fingerprint density at radius 1 is 1.25 bits per heavy atom. The maximum atomic E-state index is 11.4. The summed E-state index contributed by atoms with van der Waals surface area (Å²) in [6.07, 6.45) is 1.62. The average Bonchev–Trinajstić information content (AvgIpc) is 3.42. The third-order valence-corrected chi connectivity index (χ3v) is 5.05. The van der Waals surface area contributed by atoms with E-state index in [0.29, 0.717) is 13.0 Å². The van der Waals surface area contributed by atoms with Crippen molar-refractivity contribution in [1.82, 2.24) is 0 Å². The lowest BCUT2D eigenvalue weighted by Crippen LogP contribution is -2.23. The van der Waals surface area contributed by atoms with Gasteiger partial charge in [-0.2, -0.15) is 5.26 Å². The van der Waals surface area contributed by atoms with Crippen molar-refractivity contribution in [2.75, 3.05) is 6.61 Å². The van der Waals surface area contributed by atoms with Crippen LogP contribution >= 0.6 is 0 Å². The van der Waals surface area contributed by atoms with Gasteiger partial charge in [0.25, 0.3) is 0 Å². The maximum Gasteiger partial charge on any atom is 0.337 e. The van der Waals surface area contributed by atoms with E-state index >= 15 is 0 Å². The summed E-state index contributed by atoms with van der Waals surface area (Å²) >= 11 is 0. The van der Waals surface area contributed by atoms with Crippen molar-refractivity contribution in [3.63, 3.8) is 0 Å². The number of carboxylic acid groups (broad SMARTS) is 1. The minimum Gasteiger partial charge on any atom is -0.479 e. The molecule has 0 bridgehead atoms. The fourth-order valence-corrected chi connectivity index (χ4v) is 3.55. The van der Waals surface area contributed by atoms with Crippen LogP contribution in [0.15, 0.2) is 42.5 Å². The third-order valence-electron chi connectivity index (χ3n) is 5.05. The molecule has 1 aliphatic carbocycles. The summed E-state index contributed by atoms with van der Waals surface area (Å²) in [5.74, 6) is -0.955. The first-order valence-corrected chi connectivity index (χ1v) is 8.13. The van der Waals surface area contributed by atoms with Gasteiger partial charge in [-0.15, -0.1) is 0 Å². The third kappa shape index (κ3) is 2.29. The number of hydrogen-bond acceptors (Lipinski definition) is 3. The summed E-state index contributed by atoms with van der Waals surface area (Å²) in [6, 6.07) is 16.3. The highest BCUT2D eigenvalue weighted by Gasteiger charge is 2.44. The van der Waals surface area contributed by atoms with Crippen molar-refractivity contribution in [3.8, 4) is 17.2 Å². The number of rotatable bonds is 3. The van der Waals surface area contributed by atoms with Gasteiger partial charge in [0.15, 0.2) is 6.10 Å². The van der Waals surface area contributed by atoms with Crippen molar-refractivity contribution < 1.29 is 14.6 Å². The van der Waals surface area contributed by atoms with E-state index in [1.54, 1.807) is 0 Å². The highest BCUT2D eigenvalue weighted by molar-refractivity contribution is 5.78. The molecule has 0 radical (unpaired) electrons. The van der Waals surface area contributed by atoms with Crippen LogP contribution in [-0.2, 0) is 21.4 Å². The molecule has 4 nitrogen and oxygen atoms in total. The maximum absolute atomic E-state index is 11.4. The lowest BCUT2D eigenvalue weighted by molar-refractivity contribution is -0.151. The molecule has 0 saturated heterocycles. The van der Waals surface area contributed by atoms with Gasteiger partial charge in [0.1, 0.15) is 0 Å². The first-order chi connectivity index (χ1) is 11.6. The molecule has 1 heterocycles. The minimum atomic E-state index is -0.955. The molecule has 24 heavy (non-hydrogen) atoms. The molecule has 1 atom stereocenters. The number of fused-ring (bicyclic) bond motifs is 1. The van der Waals surface area contributed by atoms with Crippen molar-refractivity contribution >= 4 is 5.97 Å². The molecule has 0 amide bonds. The number of carbonyl (C=O) groups is 1. The molecule has 0 spiro atoms. The zero-order valence-electron chi connectivity index (χ0n) is 13.2. The number of nitriles is 1. The molecular weight excluding hydrogens is 302 g/mol. The average molecular weight is 319 g/mol. The first-order valence-electron chi connectivity index (χ1n) is 8.13. The highest BCUT2D eigenvalue weighted by Crippen LogP contribution is 2.48. The molecule has 1 unspecified atom stereocenters. The summed E-state index contributed by atoms with van der Waals surface area (Å²) in [7, 11) is 0. The molecule has 2 aromatic rings. The van der Waals surface area contributed by atoms with E-state index in [1.807, 2.05) is 36.4 Å². The fourth-order valence-electron chi connectivity index (χ4n) is 3.55. The second-order valence-electron chi connectivity index (χ2n) is 6.49. The largest absolute Gasteiger partial charge is 0.479 e. The SMILES string of the molecule is N#CC1(c2cccc(-c3cccc4c3CCOC4C(=O)O)c2)CC1. The summed E-state index contributed by atoms with van der Waals surface area (Å²) in [5, 5.41) is 18.8. The van der Waals surface area contributed by atoms with Crippen LogP contribution in [0.25, 0.3) is 11.1 Å². The van der Waals surface area contributed by atoms with Crippen LogP contribution in [0, 0.1) is 11.3 Å². The molecule has 4 rings (SSSR count). The fraction of sp³-hybridized carbons (Fsp3) is 0.300. The summed E-state index contributed by atoms with van der Waals surface area (Å²) in [4.78, 5) is 11.4. The Bertz CT molecular complexity index is 861. The van der Waals surface area contributed by atoms with E-state index in [-0.39, 0.29) is 5.41 Å². The molecule has 1 fully saturated rings. The van der Waals surface area contributed by atoms with Crippen molar-refractivity contribution in [2.45, 2.75) is 30.8 Å². The summed E-state index contributed by atoms with van der Waals surface area (Å²) in [6.45, 7) is 0.406. The Balaban J connectivity index is 1.81. The van der Waals surface area contributed by atoms with E-state index in [1.165, 1.54) is 0 Å². The normalized spacial score (nSPS) is 20.7. The lowest BCUT2D eigenvalue weighted by atomic mass is 9.87. The van der Waals surface area contributed by atoms with Gasteiger partial charge >= 0.3 is 5.97 Å². The monoisotopic (exact) mass is 319 g/mol. The van der Waals surface area contributed by atoms with Crippen LogP contribution in [0.1, 0.15) is 35.6 Å². The Morgan fingerprint density at radius 3 is 2.75 bits per heavy atom. The van der Waals surface area contributed by atoms with Crippen LogP contribution in [-0.4, -0.2) is 17.7 Å². The van der Waals surface area contributed by atoms with Gasteiger partial charge in [0.05, 0.1) is 18.1 Å². The quantitative estimate of drug-likeness (QED) is 0.938. The number of ether oxygens (including phenoxy) is 1. The van der Waals surface area contributed by atoms with Gasteiger partial charge < -0.3 is 9.84 Å². The van der Waals surface area contributed by atoms with E-state index < -0.39 is 12.1 Å². The topological polar surface area (TPSA) is 70.3 Å². The van der Waals surface area contributed by atoms with Crippen LogP contribution < -0.4 is 0 Å². The highest BCUT2D eigenvalue weighted by atomic mass is 16.5. The standard InChI is InChI=1S/C20H17NO3/c21-12-20(8-9-20)14-4-1-3-13(11-14)15-5-2-6-17-16(15)7-10-24-18(17)19(22)23/h1-6,11,18H,7-10H2,(H,22,23). The first kappa shape index (κ1) is 14.9. The van der Waals surface area contributed by atoms with E-state index in [2.05, 4.69) is 12.1 Å². The van der Waals surface area contributed by atoms with Gasteiger partial charge in [-0.25, -0.2) is 4.79 Å².